The Morgan fingerprint density at radius 2 is 1.55 bits per heavy atom. The first-order valence-electron chi connectivity index (χ1n) is 8.93. The number of rotatable bonds is 10. The Labute approximate surface area is 136 Å². The van der Waals surface area contributed by atoms with Crippen LogP contribution in [0.5, 0.6) is 0 Å². The van der Waals surface area contributed by atoms with Crippen molar-refractivity contribution in [1.29, 1.82) is 0 Å². The molecule has 1 N–H and O–H groups in total. The van der Waals surface area contributed by atoms with E-state index in [4.69, 9.17) is 0 Å². The summed E-state index contributed by atoms with van der Waals surface area (Å²) in [5, 5.41) is 3.09. The Hall–Kier alpha value is -0.900. The van der Waals surface area contributed by atoms with E-state index >= 15 is 0 Å². The summed E-state index contributed by atoms with van der Waals surface area (Å²) in [5.41, 5.74) is 0.0531. The second-order valence-electron chi connectivity index (χ2n) is 7.25. The molecule has 0 bridgehead atoms. The number of Topliss-reactive ketones (excluding diaryl/α,β-unsaturated/α-hetero) is 1. The summed E-state index contributed by atoms with van der Waals surface area (Å²) in [4.78, 5) is 25.3. The maximum atomic E-state index is 11.9. The first kappa shape index (κ1) is 19.1. The summed E-state index contributed by atoms with van der Waals surface area (Å²) in [6.45, 7) is 9.12. The predicted molar refractivity (Wildman–Crippen MR) is 90.9 cm³/mol. The maximum Gasteiger partial charge on any atom is 0.220 e. The highest BCUT2D eigenvalue weighted by atomic mass is 16.1. The first-order chi connectivity index (χ1) is 10.4. The van der Waals surface area contributed by atoms with Crippen molar-refractivity contribution < 1.29 is 9.59 Å². The largest absolute Gasteiger partial charge is 0.354 e. The molecule has 0 aromatic heterocycles. The Kier molecular flexibility index (Phi) is 8.69. The molecule has 0 unspecified atom stereocenters. The van der Waals surface area contributed by atoms with Crippen LogP contribution in [0.1, 0.15) is 78.6 Å². The summed E-state index contributed by atoms with van der Waals surface area (Å²) in [6.07, 6.45) is 9.14. The molecule has 0 spiro atoms. The van der Waals surface area contributed by atoms with E-state index in [1.807, 2.05) is 0 Å². The van der Waals surface area contributed by atoms with Crippen LogP contribution >= 0.6 is 0 Å². The molecule has 22 heavy (non-hydrogen) atoms. The molecule has 128 valence electrons. The predicted octanol–water partition coefficient (Wildman–Crippen LogP) is 3.30. The van der Waals surface area contributed by atoms with Crippen molar-refractivity contribution in [3.05, 3.63) is 0 Å². The first-order valence-corrected chi connectivity index (χ1v) is 8.93. The summed E-state index contributed by atoms with van der Waals surface area (Å²) < 4.78 is 0. The molecule has 0 radical (unpaired) electrons. The molecule has 1 aliphatic heterocycles. The van der Waals surface area contributed by atoms with Gasteiger partial charge in [0.25, 0.3) is 0 Å². The molecular formula is C18H34N2O2. The average molecular weight is 310 g/mol. The van der Waals surface area contributed by atoms with E-state index in [1.165, 1.54) is 19.3 Å². The monoisotopic (exact) mass is 310 g/mol. The van der Waals surface area contributed by atoms with Gasteiger partial charge in [0.15, 0.2) is 0 Å². The fourth-order valence-electron chi connectivity index (χ4n) is 3.03. The molecular weight excluding hydrogens is 276 g/mol. The van der Waals surface area contributed by atoms with Gasteiger partial charge in [-0.25, -0.2) is 0 Å². The molecule has 1 rings (SSSR count). The van der Waals surface area contributed by atoms with Gasteiger partial charge in [-0.2, -0.15) is 0 Å². The lowest BCUT2D eigenvalue weighted by Gasteiger charge is -2.41. The van der Waals surface area contributed by atoms with Gasteiger partial charge in [-0.1, -0.05) is 19.3 Å². The van der Waals surface area contributed by atoms with Gasteiger partial charge in [0, 0.05) is 24.9 Å². The van der Waals surface area contributed by atoms with Crippen LogP contribution in [0.3, 0.4) is 0 Å². The van der Waals surface area contributed by atoms with E-state index in [1.54, 1.807) is 6.92 Å². The van der Waals surface area contributed by atoms with Crippen molar-refractivity contribution in [1.82, 2.24) is 10.2 Å². The zero-order valence-electron chi connectivity index (χ0n) is 14.7. The molecule has 1 fully saturated rings. The van der Waals surface area contributed by atoms with Gasteiger partial charge in [-0.05, 0) is 59.5 Å². The van der Waals surface area contributed by atoms with E-state index in [9.17, 15) is 9.59 Å². The van der Waals surface area contributed by atoms with Crippen molar-refractivity contribution in [3.8, 4) is 0 Å². The van der Waals surface area contributed by atoms with Gasteiger partial charge >= 0.3 is 0 Å². The number of piperidine rings is 1. The van der Waals surface area contributed by atoms with E-state index < -0.39 is 0 Å². The minimum absolute atomic E-state index is 0.0531. The van der Waals surface area contributed by atoms with Gasteiger partial charge in [-0.3, -0.25) is 9.69 Å². The minimum atomic E-state index is 0.0531. The van der Waals surface area contributed by atoms with Crippen molar-refractivity contribution in [2.45, 2.75) is 84.1 Å². The van der Waals surface area contributed by atoms with Crippen molar-refractivity contribution in [2.24, 2.45) is 0 Å². The third kappa shape index (κ3) is 7.92. The van der Waals surface area contributed by atoms with Gasteiger partial charge in [0.2, 0.25) is 5.91 Å². The summed E-state index contributed by atoms with van der Waals surface area (Å²) >= 11 is 0. The topological polar surface area (TPSA) is 49.4 Å². The molecule has 0 saturated carbocycles. The molecule has 0 aliphatic carbocycles. The van der Waals surface area contributed by atoms with E-state index in [-0.39, 0.29) is 17.2 Å². The number of nitrogens with one attached hydrogen (secondary N) is 1. The molecule has 1 heterocycles. The summed E-state index contributed by atoms with van der Waals surface area (Å²) in [7, 11) is 0. The van der Waals surface area contributed by atoms with E-state index in [2.05, 4.69) is 24.1 Å². The highest BCUT2D eigenvalue weighted by molar-refractivity contribution is 5.76. The van der Waals surface area contributed by atoms with Gasteiger partial charge < -0.3 is 10.1 Å². The quantitative estimate of drug-likeness (QED) is 0.630. The molecule has 0 aromatic rings. The van der Waals surface area contributed by atoms with Crippen LogP contribution in [0.25, 0.3) is 0 Å². The van der Waals surface area contributed by atoms with Crippen molar-refractivity contribution in [2.75, 3.05) is 19.6 Å². The van der Waals surface area contributed by atoms with Gasteiger partial charge in [-0.15, -0.1) is 0 Å². The highest BCUT2D eigenvalue weighted by Gasteiger charge is 2.27. The van der Waals surface area contributed by atoms with Crippen molar-refractivity contribution in [3.63, 3.8) is 0 Å². The smallest absolute Gasteiger partial charge is 0.220 e. The lowest BCUT2D eigenvalue weighted by Crippen LogP contribution is -2.53. The number of carbonyl (C=O) groups excluding carboxylic acids is 2. The number of likely N-dealkylation sites (tertiary alicyclic amines) is 1. The number of nitrogens with zero attached hydrogens (tertiary/aromatic N) is 1. The van der Waals surface area contributed by atoms with Crippen LogP contribution in [0.2, 0.25) is 0 Å². The second kappa shape index (κ2) is 9.98. The van der Waals surface area contributed by atoms with Crippen molar-refractivity contribution >= 4 is 11.7 Å². The highest BCUT2D eigenvalue weighted by Crippen LogP contribution is 2.19. The summed E-state index contributed by atoms with van der Waals surface area (Å²) in [6, 6.07) is 0. The zero-order valence-corrected chi connectivity index (χ0v) is 14.7. The fourth-order valence-corrected chi connectivity index (χ4v) is 3.03. The number of ketones is 1. The second-order valence-corrected chi connectivity index (χ2v) is 7.25. The number of hydrogen-bond acceptors (Lipinski definition) is 3. The summed E-state index contributed by atoms with van der Waals surface area (Å²) in [5.74, 6) is 0.425. The SMILES string of the molecule is CC(=O)CCCCCCC(=O)NCC(C)(C)N1CCCCC1. The molecule has 1 saturated heterocycles. The third-order valence-electron chi connectivity index (χ3n) is 4.61. The number of amides is 1. The van der Waals surface area contributed by atoms with Crippen LogP contribution in [-0.4, -0.2) is 41.8 Å². The van der Waals surface area contributed by atoms with E-state index in [0.717, 1.165) is 45.3 Å². The molecule has 0 atom stereocenters. The van der Waals surface area contributed by atoms with E-state index in [0.29, 0.717) is 12.8 Å². The number of carbonyl (C=O) groups is 2. The zero-order chi connectivity index (χ0) is 16.4. The lowest BCUT2D eigenvalue weighted by molar-refractivity contribution is -0.122. The van der Waals surface area contributed by atoms with Crippen LogP contribution < -0.4 is 5.32 Å². The van der Waals surface area contributed by atoms with Crippen LogP contribution in [0, 0.1) is 0 Å². The average Bonchev–Trinajstić information content (AvgIpc) is 2.49. The Morgan fingerprint density at radius 3 is 2.14 bits per heavy atom. The maximum absolute atomic E-state index is 11.9. The fraction of sp³-hybridized carbons (Fsp3) is 0.889. The number of hydrogen-bond donors (Lipinski definition) is 1. The molecule has 4 nitrogen and oxygen atoms in total. The number of unbranched alkanes of at least 4 members (excludes halogenated alkanes) is 3. The standard InChI is InChI=1S/C18H34N2O2/c1-16(21)11-7-4-5-8-12-17(22)19-15-18(2,3)20-13-9-6-10-14-20/h4-15H2,1-3H3,(H,19,22). The molecule has 1 amide bonds. The van der Waals surface area contributed by atoms with Crippen LogP contribution in [0.15, 0.2) is 0 Å². The Morgan fingerprint density at radius 1 is 0.955 bits per heavy atom. The van der Waals surface area contributed by atoms with Crippen LogP contribution in [0.4, 0.5) is 0 Å². The Bertz CT molecular complexity index is 347. The normalized spacial score (nSPS) is 16.5. The van der Waals surface area contributed by atoms with Crippen LogP contribution in [-0.2, 0) is 9.59 Å². The Balaban J connectivity index is 2.10. The molecule has 0 aromatic carbocycles. The minimum Gasteiger partial charge on any atom is -0.354 e. The van der Waals surface area contributed by atoms with Gasteiger partial charge in [0.05, 0.1) is 0 Å². The molecule has 4 heteroatoms. The molecule has 1 aliphatic rings. The third-order valence-corrected chi connectivity index (χ3v) is 4.61. The van der Waals surface area contributed by atoms with Gasteiger partial charge in [0.1, 0.15) is 5.78 Å². The lowest BCUT2D eigenvalue weighted by atomic mass is 9.98.